The number of hydrogen-bond acceptors (Lipinski definition) is 5. The molecule has 0 unspecified atom stereocenters. The lowest BCUT2D eigenvalue weighted by molar-refractivity contribution is -0.156. The third kappa shape index (κ3) is 5.41. The first-order valence-corrected chi connectivity index (χ1v) is 6.77. The molecule has 1 heterocycles. The van der Waals surface area contributed by atoms with Crippen LogP contribution in [-0.2, 0) is 9.53 Å². The lowest BCUT2D eigenvalue weighted by Crippen LogP contribution is -2.42. The summed E-state index contributed by atoms with van der Waals surface area (Å²) in [7, 11) is 3.68. The van der Waals surface area contributed by atoms with Gasteiger partial charge in [-0.2, -0.15) is 0 Å². The summed E-state index contributed by atoms with van der Waals surface area (Å²) < 4.78 is 5.22. The predicted octanol–water partition coefficient (Wildman–Crippen LogP) is 1.61. The number of pyridine rings is 1. The van der Waals surface area contributed by atoms with E-state index in [0.717, 1.165) is 0 Å². The number of anilines is 1. The maximum absolute atomic E-state index is 12.1. The Hall–Kier alpha value is -2.11. The van der Waals surface area contributed by atoms with E-state index in [0.29, 0.717) is 11.4 Å². The van der Waals surface area contributed by atoms with Crippen LogP contribution in [0.25, 0.3) is 0 Å². The molecule has 0 aliphatic rings. The highest BCUT2D eigenvalue weighted by Crippen LogP contribution is 2.11. The largest absolute Gasteiger partial charge is 0.458 e. The van der Waals surface area contributed by atoms with Crippen molar-refractivity contribution in [2.24, 2.45) is 0 Å². The molecule has 0 aliphatic heterocycles. The van der Waals surface area contributed by atoms with Crippen LogP contribution in [0, 0.1) is 0 Å². The van der Waals surface area contributed by atoms with E-state index in [-0.39, 0.29) is 5.91 Å². The molecule has 6 nitrogen and oxygen atoms in total. The van der Waals surface area contributed by atoms with Crippen LogP contribution in [0.4, 0.5) is 5.82 Å². The Labute approximate surface area is 125 Å². The van der Waals surface area contributed by atoms with E-state index in [1.807, 2.05) is 14.1 Å². The number of nitrogens with one attached hydrogen (secondary N) is 1. The number of aromatic nitrogens is 1. The maximum Gasteiger partial charge on any atom is 0.328 e. The summed E-state index contributed by atoms with van der Waals surface area (Å²) in [6.45, 7) is 6.95. The van der Waals surface area contributed by atoms with Crippen LogP contribution >= 0.6 is 0 Å². The van der Waals surface area contributed by atoms with Gasteiger partial charge in [-0.15, -0.1) is 0 Å². The van der Waals surface area contributed by atoms with Crippen LogP contribution in [0.5, 0.6) is 0 Å². The molecule has 21 heavy (non-hydrogen) atoms. The van der Waals surface area contributed by atoms with Gasteiger partial charge in [-0.1, -0.05) is 0 Å². The normalized spacial score (nSPS) is 12.5. The zero-order valence-electron chi connectivity index (χ0n) is 13.4. The number of carbonyl (C=O) groups is 2. The summed E-state index contributed by atoms with van der Waals surface area (Å²) in [4.78, 5) is 29.9. The van der Waals surface area contributed by atoms with Gasteiger partial charge in [-0.25, -0.2) is 9.78 Å². The fraction of sp³-hybridized carbons (Fsp3) is 0.533. The molecular weight excluding hydrogens is 270 g/mol. The van der Waals surface area contributed by atoms with E-state index in [1.165, 1.54) is 0 Å². The van der Waals surface area contributed by atoms with Crippen molar-refractivity contribution < 1.29 is 14.3 Å². The summed E-state index contributed by atoms with van der Waals surface area (Å²) in [6, 6.07) is 2.55. The van der Waals surface area contributed by atoms with Gasteiger partial charge in [0, 0.05) is 25.9 Å². The molecule has 1 atom stereocenters. The second-order valence-electron chi connectivity index (χ2n) is 6.03. The molecule has 1 aromatic heterocycles. The zero-order valence-corrected chi connectivity index (χ0v) is 13.4. The van der Waals surface area contributed by atoms with Crippen LogP contribution in [-0.4, -0.2) is 42.6 Å². The number of hydrogen-bond donors (Lipinski definition) is 1. The van der Waals surface area contributed by atoms with Gasteiger partial charge in [0.1, 0.15) is 17.5 Å². The van der Waals surface area contributed by atoms with Crippen LogP contribution in [0.15, 0.2) is 18.3 Å². The molecule has 0 saturated carbocycles. The van der Waals surface area contributed by atoms with Gasteiger partial charge in [-0.05, 0) is 39.8 Å². The molecule has 6 heteroatoms. The van der Waals surface area contributed by atoms with Gasteiger partial charge < -0.3 is 15.0 Å². The van der Waals surface area contributed by atoms with Crippen molar-refractivity contribution in [2.75, 3.05) is 19.0 Å². The molecule has 0 fully saturated rings. The molecule has 1 aromatic rings. The van der Waals surface area contributed by atoms with Gasteiger partial charge in [0.15, 0.2) is 0 Å². The lowest BCUT2D eigenvalue weighted by atomic mass is 10.2. The smallest absolute Gasteiger partial charge is 0.328 e. The molecule has 0 aromatic carbocycles. The second-order valence-corrected chi connectivity index (χ2v) is 6.03. The Morgan fingerprint density at radius 2 is 1.95 bits per heavy atom. The highest BCUT2D eigenvalue weighted by molar-refractivity contribution is 5.97. The average molecular weight is 293 g/mol. The monoisotopic (exact) mass is 293 g/mol. The van der Waals surface area contributed by atoms with E-state index >= 15 is 0 Å². The highest BCUT2D eigenvalue weighted by atomic mass is 16.6. The third-order valence-corrected chi connectivity index (χ3v) is 2.57. The van der Waals surface area contributed by atoms with Crippen LogP contribution in [0.1, 0.15) is 38.1 Å². The van der Waals surface area contributed by atoms with Crippen molar-refractivity contribution in [3.05, 3.63) is 23.9 Å². The van der Waals surface area contributed by atoms with Crippen molar-refractivity contribution in [1.29, 1.82) is 0 Å². The minimum absolute atomic E-state index is 0.334. The highest BCUT2D eigenvalue weighted by Gasteiger charge is 2.23. The molecule has 116 valence electrons. The number of esters is 1. The number of carbonyl (C=O) groups excluding carboxylic acids is 2. The van der Waals surface area contributed by atoms with Crippen LogP contribution in [0.2, 0.25) is 0 Å². The fourth-order valence-electron chi connectivity index (χ4n) is 1.53. The number of amides is 1. The minimum Gasteiger partial charge on any atom is -0.458 e. The van der Waals surface area contributed by atoms with Crippen molar-refractivity contribution in [3.63, 3.8) is 0 Å². The maximum atomic E-state index is 12.1. The summed E-state index contributed by atoms with van der Waals surface area (Å²) >= 11 is 0. The number of ether oxygens (including phenoxy) is 1. The quantitative estimate of drug-likeness (QED) is 0.854. The Kier molecular flexibility index (Phi) is 5.29. The molecule has 0 bridgehead atoms. The Bertz CT molecular complexity index is 521. The summed E-state index contributed by atoms with van der Waals surface area (Å²) in [5, 5.41) is 2.62. The average Bonchev–Trinajstić information content (AvgIpc) is 2.36. The fourth-order valence-corrected chi connectivity index (χ4v) is 1.53. The number of nitrogens with zero attached hydrogens (tertiary/aromatic N) is 2. The minimum atomic E-state index is -0.715. The van der Waals surface area contributed by atoms with Crippen molar-refractivity contribution in [2.45, 2.75) is 39.3 Å². The van der Waals surface area contributed by atoms with Crippen molar-refractivity contribution in [1.82, 2.24) is 10.3 Å². The Morgan fingerprint density at radius 3 is 2.48 bits per heavy atom. The molecule has 1 rings (SSSR count). The van der Waals surface area contributed by atoms with Gasteiger partial charge >= 0.3 is 5.97 Å². The second kappa shape index (κ2) is 6.56. The van der Waals surface area contributed by atoms with Gasteiger partial charge in [-0.3, -0.25) is 4.79 Å². The van der Waals surface area contributed by atoms with E-state index in [9.17, 15) is 9.59 Å². The van der Waals surface area contributed by atoms with Gasteiger partial charge in [0.25, 0.3) is 5.91 Å². The molecule has 0 aliphatic carbocycles. The van der Waals surface area contributed by atoms with E-state index < -0.39 is 17.6 Å². The summed E-state index contributed by atoms with van der Waals surface area (Å²) in [6.07, 6.45) is 1.56. The van der Waals surface area contributed by atoms with Crippen molar-refractivity contribution in [3.8, 4) is 0 Å². The molecule has 0 saturated heterocycles. The standard InChI is InChI=1S/C15H23N3O3/c1-10(14(20)21-15(2,3)4)17-13(19)11-7-8-16-12(9-11)18(5)6/h7-10H,1-6H3,(H,17,19)/t10-/m1/s1. The summed E-state index contributed by atoms with van der Waals surface area (Å²) in [5.74, 6) is -0.121. The Balaban J connectivity index is 2.72. The molecule has 1 N–H and O–H groups in total. The lowest BCUT2D eigenvalue weighted by Gasteiger charge is -2.22. The molecule has 0 spiro atoms. The molecule has 1 amide bonds. The first-order chi connectivity index (χ1) is 9.60. The first kappa shape index (κ1) is 16.9. The third-order valence-electron chi connectivity index (χ3n) is 2.57. The SMILES string of the molecule is C[C@@H](NC(=O)c1ccnc(N(C)C)c1)C(=O)OC(C)(C)C. The van der Waals surface area contributed by atoms with Crippen molar-refractivity contribution >= 4 is 17.7 Å². The van der Waals surface area contributed by atoms with Crippen LogP contribution in [0.3, 0.4) is 0 Å². The molecular formula is C15H23N3O3. The van der Waals surface area contributed by atoms with E-state index in [1.54, 1.807) is 50.9 Å². The van der Waals surface area contributed by atoms with E-state index in [4.69, 9.17) is 4.74 Å². The zero-order chi connectivity index (χ0) is 16.2. The Morgan fingerprint density at radius 1 is 1.33 bits per heavy atom. The summed E-state index contributed by atoms with van der Waals surface area (Å²) in [5.41, 5.74) is -0.130. The molecule has 0 radical (unpaired) electrons. The first-order valence-electron chi connectivity index (χ1n) is 6.77. The topological polar surface area (TPSA) is 71.5 Å². The van der Waals surface area contributed by atoms with Gasteiger partial charge in [0.05, 0.1) is 0 Å². The van der Waals surface area contributed by atoms with E-state index in [2.05, 4.69) is 10.3 Å². The van der Waals surface area contributed by atoms with Crippen LogP contribution < -0.4 is 10.2 Å². The number of rotatable bonds is 4. The van der Waals surface area contributed by atoms with Gasteiger partial charge in [0.2, 0.25) is 0 Å². The predicted molar refractivity (Wildman–Crippen MR) is 81.3 cm³/mol.